The van der Waals surface area contributed by atoms with Crippen LogP contribution in [0.5, 0.6) is 11.5 Å². The zero-order valence-electron chi connectivity index (χ0n) is 12.3. The molecule has 0 aromatic heterocycles. The lowest BCUT2D eigenvalue weighted by atomic mass is 9.87. The molecule has 0 aliphatic heterocycles. The van der Waals surface area contributed by atoms with Gasteiger partial charge in [0.15, 0.2) is 11.6 Å². The van der Waals surface area contributed by atoms with Gasteiger partial charge in [-0.1, -0.05) is 32.9 Å². The van der Waals surface area contributed by atoms with Gasteiger partial charge in [-0.15, -0.1) is 0 Å². The molecule has 2 aromatic rings. The third-order valence-electron chi connectivity index (χ3n) is 3.16. The first-order valence-corrected chi connectivity index (χ1v) is 6.65. The first-order valence-electron chi connectivity index (χ1n) is 6.65. The van der Waals surface area contributed by atoms with Gasteiger partial charge in [-0.05, 0) is 41.3 Å². The number of primary amides is 1. The number of carbonyl (C=O) groups is 1. The predicted molar refractivity (Wildman–Crippen MR) is 80.1 cm³/mol. The number of hydrogen-bond acceptors (Lipinski definition) is 2. The largest absolute Gasteiger partial charge is 0.454 e. The van der Waals surface area contributed by atoms with Gasteiger partial charge in [-0.3, -0.25) is 4.79 Å². The van der Waals surface area contributed by atoms with Crippen LogP contribution in [0.25, 0.3) is 0 Å². The van der Waals surface area contributed by atoms with E-state index in [4.69, 9.17) is 10.5 Å². The summed E-state index contributed by atoms with van der Waals surface area (Å²) in [5, 5.41) is 0. The minimum atomic E-state index is -0.671. The van der Waals surface area contributed by atoms with Crippen molar-refractivity contribution in [3.63, 3.8) is 0 Å². The van der Waals surface area contributed by atoms with Gasteiger partial charge in [0, 0.05) is 5.56 Å². The van der Waals surface area contributed by atoms with Crippen molar-refractivity contribution in [3.8, 4) is 11.5 Å². The maximum Gasteiger partial charge on any atom is 0.248 e. The molecule has 0 saturated heterocycles. The average molecular weight is 287 g/mol. The third kappa shape index (κ3) is 3.60. The van der Waals surface area contributed by atoms with E-state index in [9.17, 15) is 9.18 Å². The maximum absolute atomic E-state index is 13.8. The highest BCUT2D eigenvalue weighted by atomic mass is 19.1. The zero-order valence-corrected chi connectivity index (χ0v) is 12.3. The van der Waals surface area contributed by atoms with Crippen LogP contribution >= 0.6 is 0 Å². The monoisotopic (exact) mass is 287 g/mol. The summed E-state index contributed by atoms with van der Waals surface area (Å²) in [6.45, 7) is 6.35. The van der Waals surface area contributed by atoms with Crippen molar-refractivity contribution in [1.82, 2.24) is 0 Å². The van der Waals surface area contributed by atoms with Crippen LogP contribution in [0.15, 0.2) is 42.5 Å². The molecule has 0 atom stereocenters. The van der Waals surface area contributed by atoms with E-state index in [1.807, 2.05) is 12.1 Å². The van der Waals surface area contributed by atoms with Crippen LogP contribution < -0.4 is 10.5 Å². The van der Waals surface area contributed by atoms with Crippen molar-refractivity contribution in [2.75, 3.05) is 0 Å². The fourth-order valence-electron chi connectivity index (χ4n) is 1.89. The molecule has 0 unspecified atom stereocenters. The third-order valence-corrected chi connectivity index (χ3v) is 3.16. The van der Waals surface area contributed by atoms with Gasteiger partial charge in [-0.2, -0.15) is 0 Å². The molecule has 0 saturated carbocycles. The van der Waals surface area contributed by atoms with Gasteiger partial charge >= 0.3 is 0 Å². The van der Waals surface area contributed by atoms with Crippen molar-refractivity contribution in [2.24, 2.45) is 5.73 Å². The van der Waals surface area contributed by atoms with E-state index in [0.717, 1.165) is 6.07 Å². The van der Waals surface area contributed by atoms with Gasteiger partial charge in [0.25, 0.3) is 0 Å². The summed E-state index contributed by atoms with van der Waals surface area (Å²) in [5.41, 5.74) is 6.42. The number of halogens is 1. The van der Waals surface area contributed by atoms with E-state index in [2.05, 4.69) is 20.8 Å². The molecule has 2 rings (SSSR count). The Hall–Kier alpha value is -2.36. The van der Waals surface area contributed by atoms with Crippen LogP contribution in [-0.4, -0.2) is 5.91 Å². The van der Waals surface area contributed by atoms with Crippen molar-refractivity contribution in [3.05, 3.63) is 59.4 Å². The smallest absolute Gasteiger partial charge is 0.248 e. The Balaban J connectivity index is 2.20. The minimum absolute atomic E-state index is 0.0485. The van der Waals surface area contributed by atoms with E-state index >= 15 is 0 Å². The van der Waals surface area contributed by atoms with Crippen LogP contribution in [0.3, 0.4) is 0 Å². The molecule has 0 bridgehead atoms. The van der Waals surface area contributed by atoms with Crippen molar-refractivity contribution in [2.45, 2.75) is 26.2 Å². The Morgan fingerprint density at radius 2 is 1.71 bits per heavy atom. The maximum atomic E-state index is 13.8. The van der Waals surface area contributed by atoms with Gasteiger partial charge in [0.1, 0.15) is 5.75 Å². The van der Waals surface area contributed by atoms with E-state index < -0.39 is 11.7 Å². The summed E-state index contributed by atoms with van der Waals surface area (Å²) in [4.78, 5) is 11.0. The number of rotatable bonds is 3. The molecule has 0 spiro atoms. The van der Waals surface area contributed by atoms with Crippen LogP contribution in [0.1, 0.15) is 36.7 Å². The summed E-state index contributed by atoms with van der Waals surface area (Å²) in [7, 11) is 0. The molecule has 0 heterocycles. The highest BCUT2D eigenvalue weighted by Gasteiger charge is 2.14. The first kappa shape index (κ1) is 15.0. The lowest BCUT2D eigenvalue weighted by Gasteiger charge is -2.19. The summed E-state index contributed by atoms with van der Waals surface area (Å²) >= 11 is 0. The lowest BCUT2D eigenvalue weighted by molar-refractivity contribution is 0.1000. The number of hydrogen-bond donors (Lipinski definition) is 1. The van der Waals surface area contributed by atoms with Crippen LogP contribution in [0.2, 0.25) is 0 Å². The molecule has 0 aliphatic rings. The van der Waals surface area contributed by atoms with Gasteiger partial charge < -0.3 is 10.5 Å². The molecule has 0 aliphatic carbocycles. The van der Waals surface area contributed by atoms with Crippen molar-refractivity contribution < 1.29 is 13.9 Å². The van der Waals surface area contributed by atoms with Crippen LogP contribution in [-0.2, 0) is 5.41 Å². The molecule has 0 fully saturated rings. The highest BCUT2D eigenvalue weighted by Crippen LogP contribution is 2.28. The molecule has 0 radical (unpaired) electrons. The van der Waals surface area contributed by atoms with Crippen molar-refractivity contribution in [1.29, 1.82) is 0 Å². The number of benzene rings is 2. The highest BCUT2D eigenvalue weighted by molar-refractivity contribution is 5.92. The van der Waals surface area contributed by atoms with Gasteiger partial charge in [0.05, 0.1) is 0 Å². The summed E-state index contributed by atoms with van der Waals surface area (Å²) in [6.07, 6.45) is 0. The van der Waals surface area contributed by atoms with Gasteiger partial charge in [0.2, 0.25) is 5.91 Å². The van der Waals surface area contributed by atoms with E-state index in [1.54, 1.807) is 12.1 Å². The second-order valence-electron chi connectivity index (χ2n) is 5.89. The summed E-state index contributed by atoms with van der Waals surface area (Å²) < 4.78 is 19.3. The number of ether oxygens (including phenoxy) is 1. The molecule has 2 N–H and O–H groups in total. The van der Waals surface area contributed by atoms with E-state index in [-0.39, 0.29) is 16.7 Å². The summed E-state index contributed by atoms with van der Waals surface area (Å²) in [6, 6.07) is 11.4. The van der Waals surface area contributed by atoms with E-state index in [1.165, 1.54) is 17.7 Å². The lowest BCUT2D eigenvalue weighted by Crippen LogP contribution is -2.11. The average Bonchev–Trinajstić information content (AvgIpc) is 2.40. The Morgan fingerprint density at radius 1 is 1.10 bits per heavy atom. The van der Waals surface area contributed by atoms with Gasteiger partial charge in [-0.25, -0.2) is 4.39 Å². The van der Waals surface area contributed by atoms with Crippen LogP contribution in [0.4, 0.5) is 4.39 Å². The fraction of sp³-hybridized carbons (Fsp3) is 0.235. The van der Waals surface area contributed by atoms with Crippen molar-refractivity contribution >= 4 is 5.91 Å². The molecule has 4 heteroatoms. The fourth-order valence-corrected chi connectivity index (χ4v) is 1.89. The first-order chi connectivity index (χ1) is 9.77. The minimum Gasteiger partial charge on any atom is -0.454 e. The number of nitrogens with two attached hydrogens (primary N) is 1. The number of carbonyl (C=O) groups excluding carboxylic acids is 1. The topological polar surface area (TPSA) is 52.3 Å². The quantitative estimate of drug-likeness (QED) is 0.927. The molecular weight excluding hydrogens is 269 g/mol. The molecular formula is C17H18FNO2. The number of amides is 1. The molecule has 1 amide bonds. The predicted octanol–water partition coefficient (Wildman–Crippen LogP) is 4.01. The molecule has 3 nitrogen and oxygen atoms in total. The van der Waals surface area contributed by atoms with E-state index in [0.29, 0.717) is 5.75 Å². The molecule has 2 aromatic carbocycles. The normalized spacial score (nSPS) is 11.2. The second kappa shape index (κ2) is 5.56. The Morgan fingerprint density at radius 3 is 2.19 bits per heavy atom. The molecule has 110 valence electrons. The summed E-state index contributed by atoms with van der Waals surface area (Å²) in [5.74, 6) is -0.696. The second-order valence-corrected chi connectivity index (χ2v) is 5.89. The Bertz CT molecular complexity index is 657. The Kier molecular flexibility index (Phi) is 3.98. The van der Waals surface area contributed by atoms with Crippen LogP contribution in [0, 0.1) is 5.82 Å². The SMILES string of the molecule is CC(C)(C)c1ccc(Oc2ccc(C(N)=O)cc2F)cc1. The molecule has 21 heavy (non-hydrogen) atoms. The Labute approximate surface area is 123 Å². The zero-order chi connectivity index (χ0) is 15.6. The standard InChI is InChI=1S/C17H18FNO2/c1-17(2,3)12-5-7-13(8-6-12)21-15-9-4-11(16(19)20)10-14(15)18/h4-10H,1-3H3,(H2,19,20).